The van der Waals surface area contributed by atoms with Crippen LogP contribution in [-0.2, 0) is 5.60 Å². The lowest BCUT2D eigenvalue weighted by molar-refractivity contribution is 0.0585. The van der Waals surface area contributed by atoms with Crippen molar-refractivity contribution >= 4 is 15.9 Å². The topological polar surface area (TPSA) is 32.3 Å². The third kappa shape index (κ3) is 2.56. The van der Waals surface area contributed by atoms with Crippen LogP contribution >= 0.6 is 15.9 Å². The summed E-state index contributed by atoms with van der Waals surface area (Å²) in [5.74, 6) is 0. The molecule has 0 radical (unpaired) electrons. The largest absolute Gasteiger partial charge is 0.384 e. The predicted molar refractivity (Wildman–Crippen MR) is 62.4 cm³/mol. The molecule has 1 rings (SSSR count). The molecule has 14 heavy (non-hydrogen) atoms. The Balaban J connectivity index is 3.10. The van der Waals surface area contributed by atoms with Gasteiger partial charge in [-0.05, 0) is 44.2 Å². The van der Waals surface area contributed by atoms with Crippen LogP contribution in [-0.4, -0.2) is 18.7 Å². The van der Waals surface area contributed by atoms with Gasteiger partial charge in [-0.15, -0.1) is 0 Å². The highest BCUT2D eigenvalue weighted by molar-refractivity contribution is 9.10. The third-order valence-corrected chi connectivity index (χ3v) is 2.79. The van der Waals surface area contributed by atoms with Crippen LogP contribution in [0, 0.1) is 6.92 Å². The fourth-order valence-electron chi connectivity index (χ4n) is 1.61. The van der Waals surface area contributed by atoms with Gasteiger partial charge in [0.15, 0.2) is 0 Å². The number of halogens is 1. The molecule has 0 amide bonds. The molecular weight excluding hydrogens is 242 g/mol. The highest BCUT2D eigenvalue weighted by Crippen LogP contribution is 2.26. The molecule has 0 aliphatic rings. The fourth-order valence-corrected chi connectivity index (χ4v) is 1.97. The van der Waals surface area contributed by atoms with Gasteiger partial charge in [0.05, 0.1) is 5.60 Å². The minimum absolute atomic E-state index is 0.546. The molecule has 2 N–H and O–H groups in total. The zero-order valence-corrected chi connectivity index (χ0v) is 10.4. The van der Waals surface area contributed by atoms with E-state index in [1.165, 1.54) is 0 Å². The van der Waals surface area contributed by atoms with Crippen molar-refractivity contribution in [2.24, 2.45) is 0 Å². The first-order chi connectivity index (χ1) is 6.47. The fraction of sp³-hybridized carbons (Fsp3) is 0.455. The van der Waals surface area contributed by atoms with E-state index in [9.17, 15) is 5.11 Å². The Hall–Kier alpha value is -0.380. The van der Waals surface area contributed by atoms with Crippen molar-refractivity contribution in [1.29, 1.82) is 0 Å². The second kappa shape index (κ2) is 4.43. The second-order valence-corrected chi connectivity index (χ2v) is 4.68. The highest BCUT2D eigenvalue weighted by Gasteiger charge is 2.23. The van der Waals surface area contributed by atoms with E-state index in [1.807, 2.05) is 39.1 Å². The smallest absolute Gasteiger partial charge is 0.0995 e. The number of nitrogens with one attached hydrogen (secondary N) is 1. The molecule has 0 fully saturated rings. The van der Waals surface area contributed by atoms with E-state index in [0.29, 0.717) is 6.54 Å². The molecule has 0 spiro atoms. The number of hydrogen-bond donors (Lipinski definition) is 2. The standard InChI is InChI=1S/C11H16BrNO/c1-8-4-5-9(12)6-10(8)11(2,14)7-13-3/h4-6,13-14H,7H2,1-3H3. The van der Waals surface area contributed by atoms with Gasteiger partial charge in [-0.25, -0.2) is 0 Å². The number of likely N-dealkylation sites (N-methyl/N-ethyl adjacent to an activating group) is 1. The SMILES string of the molecule is CNCC(C)(O)c1cc(Br)ccc1C. The van der Waals surface area contributed by atoms with Crippen molar-refractivity contribution in [3.05, 3.63) is 33.8 Å². The average Bonchev–Trinajstić information content (AvgIpc) is 2.09. The Kier molecular flexibility index (Phi) is 3.70. The minimum Gasteiger partial charge on any atom is -0.384 e. The van der Waals surface area contributed by atoms with Crippen LogP contribution in [0.5, 0.6) is 0 Å². The molecule has 0 aliphatic carbocycles. The Bertz CT molecular complexity index is 323. The molecule has 1 unspecified atom stereocenters. The maximum Gasteiger partial charge on any atom is 0.0995 e. The molecule has 0 heterocycles. The molecule has 3 heteroatoms. The lowest BCUT2D eigenvalue weighted by Crippen LogP contribution is -2.34. The molecule has 1 aromatic carbocycles. The highest BCUT2D eigenvalue weighted by atomic mass is 79.9. The Morgan fingerprint density at radius 1 is 1.50 bits per heavy atom. The molecule has 78 valence electrons. The normalized spacial score (nSPS) is 15.2. The summed E-state index contributed by atoms with van der Waals surface area (Å²) in [6.07, 6.45) is 0. The first kappa shape index (κ1) is 11.7. The molecular formula is C11H16BrNO. The van der Waals surface area contributed by atoms with Gasteiger partial charge in [-0.1, -0.05) is 22.0 Å². The van der Waals surface area contributed by atoms with Crippen LogP contribution in [0.2, 0.25) is 0 Å². The average molecular weight is 258 g/mol. The summed E-state index contributed by atoms with van der Waals surface area (Å²) < 4.78 is 0.995. The summed E-state index contributed by atoms with van der Waals surface area (Å²) >= 11 is 3.41. The van der Waals surface area contributed by atoms with E-state index in [2.05, 4.69) is 21.2 Å². The summed E-state index contributed by atoms with van der Waals surface area (Å²) in [7, 11) is 1.84. The molecule has 0 saturated heterocycles. The Labute approximate surface area is 93.5 Å². The van der Waals surface area contributed by atoms with Crippen molar-refractivity contribution in [3.63, 3.8) is 0 Å². The van der Waals surface area contributed by atoms with Crippen molar-refractivity contribution in [1.82, 2.24) is 5.32 Å². The number of aliphatic hydroxyl groups is 1. The zero-order chi connectivity index (χ0) is 10.8. The van der Waals surface area contributed by atoms with Crippen LogP contribution in [0.4, 0.5) is 0 Å². The van der Waals surface area contributed by atoms with Crippen LogP contribution in [0.15, 0.2) is 22.7 Å². The summed E-state index contributed by atoms with van der Waals surface area (Å²) in [5.41, 5.74) is 1.25. The molecule has 0 aliphatic heterocycles. The number of rotatable bonds is 3. The van der Waals surface area contributed by atoms with Gasteiger partial charge in [-0.2, -0.15) is 0 Å². The predicted octanol–water partition coefficient (Wildman–Crippen LogP) is 2.18. The first-order valence-corrected chi connectivity index (χ1v) is 5.40. The molecule has 0 bridgehead atoms. The van der Waals surface area contributed by atoms with Gasteiger partial charge < -0.3 is 10.4 Å². The van der Waals surface area contributed by atoms with Crippen LogP contribution < -0.4 is 5.32 Å². The summed E-state index contributed by atoms with van der Waals surface area (Å²) in [6.45, 7) is 4.37. The van der Waals surface area contributed by atoms with E-state index >= 15 is 0 Å². The van der Waals surface area contributed by atoms with Gasteiger partial charge in [0.1, 0.15) is 0 Å². The molecule has 1 aromatic rings. The van der Waals surface area contributed by atoms with Crippen molar-refractivity contribution < 1.29 is 5.11 Å². The first-order valence-electron chi connectivity index (χ1n) is 4.61. The summed E-state index contributed by atoms with van der Waals surface area (Å²) in [6, 6.07) is 5.95. The molecule has 2 nitrogen and oxygen atoms in total. The van der Waals surface area contributed by atoms with Crippen molar-refractivity contribution in [2.45, 2.75) is 19.4 Å². The maximum atomic E-state index is 10.2. The van der Waals surface area contributed by atoms with E-state index in [0.717, 1.165) is 15.6 Å². The van der Waals surface area contributed by atoms with Crippen LogP contribution in [0.3, 0.4) is 0 Å². The van der Waals surface area contributed by atoms with E-state index in [1.54, 1.807) is 0 Å². The Morgan fingerprint density at radius 3 is 2.71 bits per heavy atom. The van der Waals surface area contributed by atoms with E-state index in [-0.39, 0.29) is 0 Å². The second-order valence-electron chi connectivity index (χ2n) is 3.76. The van der Waals surface area contributed by atoms with E-state index < -0.39 is 5.60 Å². The van der Waals surface area contributed by atoms with Gasteiger partial charge in [0, 0.05) is 11.0 Å². The molecule has 0 aromatic heterocycles. The minimum atomic E-state index is -0.817. The van der Waals surface area contributed by atoms with Crippen molar-refractivity contribution in [2.75, 3.05) is 13.6 Å². The van der Waals surface area contributed by atoms with Gasteiger partial charge in [0.2, 0.25) is 0 Å². The van der Waals surface area contributed by atoms with E-state index in [4.69, 9.17) is 0 Å². The van der Waals surface area contributed by atoms with Gasteiger partial charge in [-0.3, -0.25) is 0 Å². The lowest BCUT2D eigenvalue weighted by Gasteiger charge is -2.25. The lowest BCUT2D eigenvalue weighted by atomic mass is 9.92. The van der Waals surface area contributed by atoms with Gasteiger partial charge in [0.25, 0.3) is 0 Å². The Morgan fingerprint density at radius 2 is 2.14 bits per heavy atom. The molecule has 0 saturated carbocycles. The van der Waals surface area contributed by atoms with Crippen LogP contribution in [0.1, 0.15) is 18.1 Å². The summed E-state index contributed by atoms with van der Waals surface area (Å²) in [4.78, 5) is 0. The third-order valence-electron chi connectivity index (χ3n) is 2.30. The monoisotopic (exact) mass is 257 g/mol. The summed E-state index contributed by atoms with van der Waals surface area (Å²) in [5, 5.41) is 13.2. The number of hydrogen-bond acceptors (Lipinski definition) is 2. The van der Waals surface area contributed by atoms with Gasteiger partial charge >= 0.3 is 0 Å². The number of aryl methyl sites for hydroxylation is 1. The maximum absolute atomic E-state index is 10.2. The van der Waals surface area contributed by atoms with Crippen LogP contribution in [0.25, 0.3) is 0 Å². The zero-order valence-electron chi connectivity index (χ0n) is 8.76. The quantitative estimate of drug-likeness (QED) is 0.871. The van der Waals surface area contributed by atoms with Crippen molar-refractivity contribution in [3.8, 4) is 0 Å². The number of benzene rings is 1. The molecule has 1 atom stereocenters.